The number of rotatable bonds is 4. The number of aromatic nitrogens is 1. The summed E-state index contributed by atoms with van der Waals surface area (Å²) in [7, 11) is 2.09. The van der Waals surface area contributed by atoms with E-state index in [0.29, 0.717) is 11.5 Å². The molecular formula is C15H24N2. The molecule has 0 saturated heterocycles. The van der Waals surface area contributed by atoms with Gasteiger partial charge in [-0.05, 0) is 43.9 Å². The molecule has 17 heavy (non-hydrogen) atoms. The Kier molecular flexibility index (Phi) is 3.82. The van der Waals surface area contributed by atoms with E-state index in [1.54, 1.807) is 0 Å². The molecule has 0 aromatic carbocycles. The van der Waals surface area contributed by atoms with Gasteiger partial charge < -0.3 is 5.32 Å². The molecule has 1 fully saturated rings. The standard InChI is InChI=1S/C15H24N2/c1-12-7-6-10-17-13(12)11-14(16-3)15(2)8-4-5-9-15/h6-7,10,14,16H,4-5,8-9,11H2,1-3H3. The van der Waals surface area contributed by atoms with Crippen LogP contribution in [0.2, 0.25) is 0 Å². The van der Waals surface area contributed by atoms with Crippen LogP contribution in [0.5, 0.6) is 0 Å². The van der Waals surface area contributed by atoms with E-state index in [-0.39, 0.29) is 0 Å². The van der Waals surface area contributed by atoms with Crippen molar-refractivity contribution in [3.63, 3.8) is 0 Å². The summed E-state index contributed by atoms with van der Waals surface area (Å²) in [4.78, 5) is 4.53. The second-order valence-corrected chi connectivity index (χ2v) is 5.67. The molecule has 94 valence electrons. The first-order valence-electron chi connectivity index (χ1n) is 6.73. The van der Waals surface area contributed by atoms with Crippen LogP contribution in [0.1, 0.15) is 43.9 Å². The summed E-state index contributed by atoms with van der Waals surface area (Å²) >= 11 is 0. The summed E-state index contributed by atoms with van der Waals surface area (Å²) in [5.74, 6) is 0. The van der Waals surface area contributed by atoms with Gasteiger partial charge in [0.2, 0.25) is 0 Å². The zero-order chi connectivity index (χ0) is 12.3. The summed E-state index contributed by atoms with van der Waals surface area (Å²) in [6.45, 7) is 4.59. The molecule has 1 aromatic heterocycles. The number of likely N-dealkylation sites (N-methyl/N-ethyl adjacent to an activating group) is 1. The Morgan fingerprint density at radius 2 is 2.12 bits per heavy atom. The largest absolute Gasteiger partial charge is 0.316 e. The van der Waals surface area contributed by atoms with Crippen LogP contribution >= 0.6 is 0 Å². The van der Waals surface area contributed by atoms with Gasteiger partial charge in [0, 0.05) is 24.4 Å². The molecule has 1 aliphatic carbocycles. The average Bonchev–Trinajstić information content (AvgIpc) is 2.76. The van der Waals surface area contributed by atoms with Crippen molar-refractivity contribution in [3.05, 3.63) is 29.6 Å². The zero-order valence-corrected chi connectivity index (χ0v) is 11.3. The van der Waals surface area contributed by atoms with E-state index in [2.05, 4.69) is 37.3 Å². The highest BCUT2D eigenvalue weighted by Gasteiger charge is 2.36. The van der Waals surface area contributed by atoms with Crippen molar-refractivity contribution < 1.29 is 0 Å². The number of pyridine rings is 1. The fourth-order valence-corrected chi connectivity index (χ4v) is 3.15. The van der Waals surface area contributed by atoms with Gasteiger partial charge in [-0.25, -0.2) is 0 Å². The number of nitrogens with one attached hydrogen (secondary N) is 1. The molecule has 1 aromatic rings. The van der Waals surface area contributed by atoms with E-state index in [9.17, 15) is 0 Å². The Labute approximate surface area is 105 Å². The van der Waals surface area contributed by atoms with Gasteiger partial charge in [0.25, 0.3) is 0 Å². The molecule has 0 radical (unpaired) electrons. The number of hydrogen-bond acceptors (Lipinski definition) is 2. The Bertz CT molecular complexity index is 367. The number of nitrogens with zero attached hydrogens (tertiary/aromatic N) is 1. The van der Waals surface area contributed by atoms with Gasteiger partial charge in [0.1, 0.15) is 0 Å². The molecule has 2 rings (SSSR count). The van der Waals surface area contributed by atoms with Crippen molar-refractivity contribution >= 4 is 0 Å². The highest BCUT2D eigenvalue weighted by atomic mass is 14.9. The van der Waals surface area contributed by atoms with Crippen LogP contribution in [0.3, 0.4) is 0 Å². The second-order valence-electron chi connectivity index (χ2n) is 5.67. The van der Waals surface area contributed by atoms with Crippen LogP contribution in [0.15, 0.2) is 18.3 Å². The van der Waals surface area contributed by atoms with Gasteiger partial charge >= 0.3 is 0 Å². The van der Waals surface area contributed by atoms with Crippen LogP contribution in [-0.4, -0.2) is 18.1 Å². The molecule has 0 spiro atoms. The van der Waals surface area contributed by atoms with Crippen molar-refractivity contribution in [2.45, 2.75) is 52.0 Å². The summed E-state index contributed by atoms with van der Waals surface area (Å²) in [6.07, 6.45) is 8.44. The van der Waals surface area contributed by atoms with E-state index < -0.39 is 0 Å². The molecule has 1 saturated carbocycles. The van der Waals surface area contributed by atoms with Crippen molar-refractivity contribution in [3.8, 4) is 0 Å². The van der Waals surface area contributed by atoms with Gasteiger partial charge in [-0.2, -0.15) is 0 Å². The maximum Gasteiger partial charge on any atom is 0.0448 e. The minimum Gasteiger partial charge on any atom is -0.316 e. The molecule has 1 aliphatic rings. The van der Waals surface area contributed by atoms with Crippen LogP contribution in [0.25, 0.3) is 0 Å². The Morgan fingerprint density at radius 3 is 2.71 bits per heavy atom. The van der Waals surface area contributed by atoms with Gasteiger partial charge in [-0.15, -0.1) is 0 Å². The molecule has 1 N–H and O–H groups in total. The minimum atomic E-state index is 0.457. The highest BCUT2D eigenvalue weighted by Crippen LogP contribution is 2.41. The summed E-state index contributed by atoms with van der Waals surface area (Å²) < 4.78 is 0. The predicted octanol–water partition coefficient (Wildman–Crippen LogP) is 3.10. The van der Waals surface area contributed by atoms with Gasteiger partial charge in [0.05, 0.1) is 0 Å². The van der Waals surface area contributed by atoms with Crippen molar-refractivity contribution in [1.29, 1.82) is 0 Å². The van der Waals surface area contributed by atoms with Crippen molar-refractivity contribution in [1.82, 2.24) is 10.3 Å². The smallest absolute Gasteiger partial charge is 0.0448 e. The van der Waals surface area contributed by atoms with E-state index in [4.69, 9.17) is 0 Å². The molecule has 0 amide bonds. The summed E-state index contributed by atoms with van der Waals surface area (Å²) in [5, 5.41) is 3.52. The minimum absolute atomic E-state index is 0.457. The first-order chi connectivity index (χ1) is 8.15. The lowest BCUT2D eigenvalue weighted by Crippen LogP contribution is -2.42. The van der Waals surface area contributed by atoms with E-state index >= 15 is 0 Å². The molecule has 0 aliphatic heterocycles. The lowest BCUT2D eigenvalue weighted by Gasteiger charge is -2.34. The molecule has 2 nitrogen and oxygen atoms in total. The van der Waals surface area contributed by atoms with E-state index in [1.807, 2.05) is 12.3 Å². The average molecular weight is 232 g/mol. The van der Waals surface area contributed by atoms with Gasteiger partial charge in [0.15, 0.2) is 0 Å². The molecule has 1 atom stereocenters. The normalized spacial score (nSPS) is 20.4. The van der Waals surface area contributed by atoms with Crippen molar-refractivity contribution in [2.24, 2.45) is 5.41 Å². The fourth-order valence-electron chi connectivity index (χ4n) is 3.15. The lowest BCUT2D eigenvalue weighted by molar-refractivity contribution is 0.228. The van der Waals surface area contributed by atoms with E-state index in [1.165, 1.54) is 36.9 Å². The molecule has 0 bridgehead atoms. The third-order valence-corrected chi connectivity index (χ3v) is 4.45. The fraction of sp³-hybridized carbons (Fsp3) is 0.667. The SMILES string of the molecule is CNC(Cc1ncccc1C)C1(C)CCCC1. The third kappa shape index (κ3) is 2.68. The maximum atomic E-state index is 4.53. The van der Waals surface area contributed by atoms with E-state index in [0.717, 1.165) is 6.42 Å². The first kappa shape index (κ1) is 12.6. The molecule has 1 heterocycles. The molecule has 1 unspecified atom stereocenters. The lowest BCUT2D eigenvalue weighted by atomic mass is 9.78. The number of aryl methyl sites for hydroxylation is 1. The predicted molar refractivity (Wildman–Crippen MR) is 72.1 cm³/mol. The summed E-state index contributed by atoms with van der Waals surface area (Å²) in [5.41, 5.74) is 3.02. The van der Waals surface area contributed by atoms with Crippen LogP contribution in [0, 0.1) is 12.3 Å². The molecule has 2 heteroatoms. The van der Waals surface area contributed by atoms with Crippen LogP contribution < -0.4 is 5.32 Å². The first-order valence-corrected chi connectivity index (χ1v) is 6.73. The second kappa shape index (κ2) is 5.18. The zero-order valence-electron chi connectivity index (χ0n) is 11.3. The van der Waals surface area contributed by atoms with Gasteiger partial charge in [-0.1, -0.05) is 25.8 Å². The Hall–Kier alpha value is -0.890. The highest BCUT2D eigenvalue weighted by molar-refractivity contribution is 5.19. The summed E-state index contributed by atoms with van der Waals surface area (Å²) in [6, 6.07) is 4.73. The molecular weight excluding hydrogens is 208 g/mol. The monoisotopic (exact) mass is 232 g/mol. The Morgan fingerprint density at radius 1 is 1.41 bits per heavy atom. The maximum absolute atomic E-state index is 4.53. The van der Waals surface area contributed by atoms with Crippen molar-refractivity contribution in [2.75, 3.05) is 7.05 Å². The van der Waals surface area contributed by atoms with Crippen LogP contribution in [-0.2, 0) is 6.42 Å². The quantitative estimate of drug-likeness (QED) is 0.863. The number of hydrogen-bond donors (Lipinski definition) is 1. The third-order valence-electron chi connectivity index (χ3n) is 4.45. The topological polar surface area (TPSA) is 24.9 Å². The Balaban J connectivity index is 2.12. The van der Waals surface area contributed by atoms with Crippen LogP contribution in [0.4, 0.5) is 0 Å². The van der Waals surface area contributed by atoms with Gasteiger partial charge in [-0.3, -0.25) is 4.98 Å².